The SMILES string of the molecule is C=CC[C@@]12CC=C3C(=O)OC[C@]3(C)C1=CC[C@H]2O[Si](C)(C)C(C)(C)C. The summed E-state index contributed by atoms with van der Waals surface area (Å²) < 4.78 is 12.3. The lowest BCUT2D eigenvalue weighted by molar-refractivity contribution is -0.135. The molecule has 4 heteroatoms. The van der Waals surface area contributed by atoms with Crippen molar-refractivity contribution in [3.8, 4) is 0 Å². The zero-order chi connectivity index (χ0) is 18.7. The molecule has 0 N–H and O–H groups in total. The minimum atomic E-state index is -1.88. The molecular formula is C21H32O3Si. The summed E-state index contributed by atoms with van der Waals surface area (Å²) in [7, 11) is -1.88. The maximum Gasteiger partial charge on any atom is 0.334 e. The molecule has 2 aliphatic carbocycles. The number of hydrogen-bond donors (Lipinski definition) is 0. The number of allylic oxidation sites excluding steroid dienone is 2. The van der Waals surface area contributed by atoms with Crippen LogP contribution in [0.5, 0.6) is 0 Å². The van der Waals surface area contributed by atoms with Gasteiger partial charge in [-0.2, -0.15) is 0 Å². The van der Waals surface area contributed by atoms with Crippen molar-refractivity contribution in [2.75, 3.05) is 6.61 Å². The summed E-state index contributed by atoms with van der Waals surface area (Å²) in [6, 6.07) is 0. The van der Waals surface area contributed by atoms with E-state index in [2.05, 4.69) is 59.5 Å². The lowest BCUT2D eigenvalue weighted by Crippen LogP contribution is -2.50. The summed E-state index contributed by atoms with van der Waals surface area (Å²) in [4.78, 5) is 12.1. The van der Waals surface area contributed by atoms with Crippen LogP contribution >= 0.6 is 0 Å². The van der Waals surface area contributed by atoms with Crippen molar-refractivity contribution in [2.45, 2.75) is 71.2 Å². The van der Waals surface area contributed by atoms with E-state index < -0.39 is 8.32 Å². The molecule has 1 aliphatic heterocycles. The largest absolute Gasteiger partial charge is 0.461 e. The molecule has 138 valence electrons. The van der Waals surface area contributed by atoms with Crippen LogP contribution in [-0.2, 0) is 14.0 Å². The average Bonchev–Trinajstić information content (AvgIpc) is 2.98. The number of hydrogen-bond acceptors (Lipinski definition) is 3. The smallest absolute Gasteiger partial charge is 0.334 e. The van der Waals surface area contributed by atoms with Crippen molar-refractivity contribution in [3.63, 3.8) is 0 Å². The molecule has 3 aliphatic rings. The first-order chi connectivity index (χ1) is 11.5. The second kappa shape index (κ2) is 5.68. The van der Waals surface area contributed by atoms with Crippen molar-refractivity contribution in [3.05, 3.63) is 36.0 Å². The second-order valence-corrected chi connectivity index (χ2v) is 14.4. The Morgan fingerprint density at radius 1 is 1.40 bits per heavy atom. The van der Waals surface area contributed by atoms with Gasteiger partial charge in [0.1, 0.15) is 6.61 Å². The first-order valence-corrected chi connectivity index (χ1v) is 12.3. The Bertz CT molecular complexity index is 667. The van der Waals surface area contributed by atoms with Gasteiger partial charge in [0, 0.05) is 11.0 Å². The minimum absolute atomic E-state index is 0.0799. The van der Waals surface area contributed by atoms with Gasteiger partial charge in [0.05, 0.1) is 11.5 Å². The zero-order valence-electron chi connectivity index (χ0n) is 16.6. The molecule has 1 heterocycles. The van der Waals surface area contributed by atoms with Gasteiger partial charge in [-0.1, -0.05) is 44.6 Å². The van der Waals surface area contributed by atoms with Crippen LogP contribution in [-0.4, -0.2) is 27.0 Å². The number of rotatable bonds is 4. The van der Waals surface area contributed by atoms with Gasteiger partial charge in [0.25, 0.3) is 0 Å². The minimum Gasteiger partial charge on any atom is -0.461 e. The van der Waals surface area contributed by atoms with Crippen LogP contribution < -0.4 is 0 Å². The lowest BCUT2D eigenvalue weighted by atomic mass is 9.59. The van der Waals surface area contributed by atoms with Gasteiger partial charge in [0.2, 0.25) is 0 Å². The average molecular weight is 361 g/mol. The first-order valence-electron chi connectivity index (χ1n) is 9.35. The Morgan fingerprint density at radius 2 is 2.08 bits per heavy atom. The van der Waals surface area contributed by atoms with Gasteiger partial charge in [-0.15, -0.1) is 6.58 Å². The predicted molar refractivity (Wildman–Crippen MR) is 104 cm³/mol. The third-order valence-corrected chi connectivity index (χ3v) is 11.5. The molecule has 0 aromatic heterocycles. The van der Waals surface area contributed by atoms with Crippen LogP contribution in [0.1, 0.15) is 47.0 Å². The van der Waals surface area contributed by atoms with Gasteiger partial charge in [-0.3, -0.25) is 0 Å². The number of carbonyl (C=O) groups is 1. The fourth-order valence-corrected chi connectivity index (χ4v) is 5.91. The van der Waals surface area contributed by atoms with E-state index >= 15 is 0 Å². The lowest BCUT2D eigenvalue weighted by Gasteiger charge is -2.49. The van der Waals surface area contributed by atoms with Crippen LogP contribution in [0.3, 0.4) is 0 Å². The Labute approximate surface area is 153 Å². The van der Waals surface area contributed by atoms with Gasteiger partial charge in [0.15, 0.2) is 8.32 Å². The molecule has 0 unspecified atom stereocenters. The van der Waals surface area contributed by atoms with Crippen LogP contribution in [0, 0.1) is 10.8 Å². The van der Waals surface area contributed by atoms with E-state index in [1.165, 1.54) is 5.57 Å². The fraction of sp³-hybridized carbons (Fsp3) is 0.667. The normalized spacial score (nSPS) is 34.8. The molecule has 3 atom stereocenters. The van der Waals surface area contributed by atoms with Gasteiger partial charge >= 0.3 is 5.97 Å². The Morgan fingerprint density at radius 3 is 2.68 bits per heavy atom. The Hall–Kier alpha value is -1.13. The molecule has 0 saturated carbocycles. The number of esters is 1. The first kappa shape index (κ1) is 18.7. The molecule has 0 spiro atoms. The van der Waals surface area contributed by atoms with Crippen molar-refractivity contribution in [2.24, 2.45) is 10.8 Å². The highest BCUT2D eigenvalue weighted by molar-refractivity contribution is 6.74. The molecule has 0 aromatic carbocycles. The van der Waals surface area contributed by atoms with Crippen LogP contribution in [0.25, 0.3) is 0 Å². The summed E-state index contributed by atoms with van der Waals surface area (Å²) in [6.45, 7) is 18.1. The quantitative estimate of drug-likeness (QED) is 0.394. The van der Waals surface area contributed by atoms with Crippen molar-refractivity contribution >= 4 is 14.3 Å². The maximum atomic E-state index is 12.1. The van der Waals surface area contributed by atoms with Gasteiger partial charge in [-0.25, -0.2) is 4.79 Å². The fourth-order valence-electron chi connectivity index (χ4n) is 4.53. The number of fused-ring (bicyclic) bond motifs is 3. The molecule has 25 heavy (non-hydrogen) atoms. The van der Waals surface area contributed by atoms with E-state index in [0.29, 0.717) is 6.61 Å². The highest BCUT2D eigenvalue weighted by Gasteiger charge is 2.59. The third-order valence-electron chi connectivity index (χ3n) is 7.01. The Balaban J connectivity index is 2.00. The number of ether oxygens (including phenoxy) is 1. The van der Waals surface area contributed by atoms with Crippen LogP contribution in [0.15, 0.2) is 36.0 Å². The topological polar surface area (TPSA) is 35.5 Å². The van der Waals surface area contributed by atoms with E-state index in [0.717, 1.165) is 24.8 Å². The number of cyclic esters (lactones) is 1. The monoisotopic (exact) mass is 360 g/mol. The van der Waals surface area contributed by atoms with E-state index in [1.807, 2.05) is 6.08 Å². The standard InChI is InChI=1S/C21H32O3Si/c1-8-12-21-13-11-15-18(22)23-14-20(15,5)16(21)9-10-17(21)24-25(6,7)19(2,3)4/h8-9,11,17H,1,10,12-14H2,2-7H3/t17-,20+,21-/m1/s1. The number of carbonyl (C=O) groups excluding carboxylic acids is 1. The molecule has 0 radical (unpaired) electrons. The summed E-state index contributed by atoms with van der Waals surface area (Å²) in [6.07, 6.45) is 9.25. The van der Waals surface area contributed by atoms with Crippen molar-refractivity contribution < 1.29 is 14.0 Å². The zero-order valence-corrected chi connectivity index (χ0v) is 17.6. The van der Waals surface area contributed by atoms with Crippen LogP contribution in [0.2, 0.25) is 18.1 Å². The van der Waals surface area contributed by atoms with Gasteiger partial charge in [-0.05, 0) is 44.3 Å². The summed E-state index contributed by atoms with van der Waals surface area (Å²) >= 11 is 0. The molecule has 0 amide bonds. The van der Waals surface area contributed by atoms with E-state index in [-0.39, 0.29) is 27.9 Å². The van der Waals surface area contributed by atoms with Crippen molar-refractivity contribution in [1.29, 1.82) is 0 Å². The van der Waals surface area contributed by atoms with E-state index in [1.54, 1.807) is 0 Å². The van der Waals surface area contributed by atoms with Crippen molar-refractivity contribution in [1.82, 2.24) is 0 Å². The molecule has 3 rings (SSSR count). The third kappa shape index (κ3) is 2.60. The molecule has 1 fully saturated rings. The predicted octanol–water partition coefficient (Wildman–Crippen LogP) is 5.16. The molecule has 0 aromatic rings. The molecular weight excluding hydrogens is 328 g/mol. The highest BCUT2D eigenvalue weighted by atomic mass is 28.4. The molecule has 0 bridgehead atoms. The van der Waals surface area contributed by atoms with Gasteiger partial charge < -0.3 is 9.16 Å². The summed E-state index contributed by atoms with van der Waals surface area (Å²) in [5.74, 6) is -0.149. The highest BCUT2D eigenvalue weighted by Crippen LogP contribution is 2.61. The molecule has 1 saturated heterocycles. The van der Waals surface area contributed by atoms with Crippen LogP contribution in [0.4, 0.5) is 0 Å². The van der Waals surface area contributed by atoms with E-state index in [9.17, 15) is 4.79 Å². The Kier molecular flexibility index (Phi) is 4.24. The van der Waals surface area contributed by atoms with E-state index in [4.69, 9.17) is 9.16 Å². The maximum absolute atomic E-state index is 12.1. The summed E-state index contributed by atoms with van der Waals surface area (Å²) in [5.41, 5.74) is 1.80. The summed E-state index contributed by atoms with van der Waals surface area (Å²) in [5, 5.41) is 0.178. The molecule has 3 nitrogen and oxygen atoms in total. The second-order valence-electron chi connectivity index (χ2n) is 9.60.